The van der Waals surface area contributed by atoms with Crippen molar-refractivity contribution in [2.75, 3.05) is 0 Å². The van der Waals surface area contributed by atoms with Crippen molar-refractivity contribution in [3.05, 3.63) is 94.5 Å². The normalized spacial score (nSPS) is 13.8. The molecule has 42 heavy (non-hydrogen) atoms. The Bertz CT molecular complexity index is 1210. The number of allylic oxidation sites excluding steroid dienone is 4. The van der Waals surface area contributed by atoms with Gasteiger partial charge >= 0.3 is 8.25 Å². The van der Waals surface area contributed by atoms with E-state index in [1.165, 1.54) is 12.5 Å². The van der Waals surface area contributed by atoms with Crippen molar-refractivity contribution in [2.24, 2.45) is 0 Å². The maximum absolute atomic E-state index is 12.1. The molecule has 0 bridgehead atoms. The van der Waals surface area contributed by atoms with Gasteiger partial charge in [-0.1, -0.05) is 107 Å². The lowest BCUT2D eigenvalue weighted by Gasteiger charge is -2.27. The van der Waals surface area contributed by atoms with Crippen molar-refractivity contribution >= 4 is 20.4 Å². The molecule has 2 aromatic carbocycles. The summed E-state index contributed by atoms with van der Waals surface area (Å²) in [5, 5.41) is 21.8. The Hall–Kier alpha value is -3.17. The lowest BCUT2D eigenvalue weighted by Crippen LogP contribution is -2.17. The van der Waals surface area contributed by atoms with E-state index in [1.54, 1.807) is 24.3 Å². The number of hydrogen-bond acceptors (Lipinski definition) is 5. The molecule has 0 atom stereocenters. The van der Waals surface area contributed by atoms with Crippen LogP contribution in [0, 0.1) is 0 Å². The van der Waals surface area contributed by atoms with Crippen LogP contribution in [0.5, 0.6) is 11.5 Å². The number of rotatable bonds is 8. The van der Waals surface area contributed by atoms with E-state index >= 15 is 0 Å². The zero-order valence-electron chi connectivity index (χ0n) is 27.5. The minimum atomic E-state index is -2.75. The van der Waals surface area contributed by atoms with E-state index in [0.29, 0.717) is 11.5 Å². The summed E-state index contributed by atoms with van der Waals surface area (Å²) < 4.78 is 22.5. The quantitative estimate of drug-likeness (QED) is 0.181. The molecule has 0 saturated heterocycles. The standard InChI is InChI=1S/C36H51O5P/c1-33(2,3)27-21-25(22-28(31(27)37)34(4,5)6)17-13-15-19-40-42(39)41-20-16-14-18-26-23-29(35(7,8)9)32(38)30(24-26)36(10,11)12/h13-24,37-38,42H,1-12H3/b17-13+,18-14+,19-15+,20-16+. The summed E-state index contributed by atoms with van der Waals surface area (Å²) in [7, 11) is -2.75. The summed E-state index contributed by atoms with van der Waals surface area (Å²) in [6, 6.07) is 7.97. The van der Waals surface area contributed by atoms with Crippen molar-refractivity contribution in [3.8, 4) is 11.5 Å². The van der Waals surface area contributed by atoms with Gasteiger partial charge < -0.3 is 19.3 Å². The molecule has 0 fully saturated rings. The number of phenolic OH excluding ortho intramolecular Hbond substituents is 2. The largest absolute Gasteiger partial charge is 0.507 e. The Kier molecular flexibility index (Phi) is 11.2. The molecule has 0 aliphatic heterocycles. The second kappa shape index (κ2) is 13.4. The summed E-state index contributed by atoms with van der Waals surface area (Å²) >= 11 is 0. The molecule has 0 aliphatic rings. The van der Waals surface area contributed by atoms with Crippen molar-refractivity contribution in [1.29, 1.82) is 0 Å². The first-order valence-electron chi connectivity index (χ1n) is 14.4. The van der Waals surface area contributed by atoms with E-state index in [2.05, 4.69) is 83.1 Å². The summed E-state index contributed by atoms with van der Waals surface area (Å²) in [6.07, 6.45) is 13.4. The smallest absolute Gasteiger partial charge is 0.417 e. The number of hydrogen-bond donors (Lipinski definition) is 2. The summed E-state index contributed by atoms with van der Waals surface area (Å²) in [5.74, 6) is 0.689. The molecular weight excluding hydrogens is 543 g/mol. The molecule has 0 unspecified atom stereocenters. The molecule has 5 nitrogen and oxygen atoms in total. The van der Waals surface area contributed by atoms with E-state index in [-0.39, 0.29) is 21.7 Å². The molecular formula is C36H51O5P. The van der Waals surface area contributed by atoms with Crippen LogP contribution >= 0.6 is 8.25 Å². The molecule has 0 saturated carbocycles. The van der Waals surface area contributed by atoms with Crippen LogP contribution in [-0.4, -0.2) is 10.2 Å². The summed E-state index contributed by atoms with van der Waals surface area (Å²) in [4.78, 5) is 0. The molecule has 2 aromatic rings. The molecule has 2 N–H and O–H groups in total. The van der Waals surface area contributed by atoms with E-state index in [1.807, 2.05) is 36.4 Å². The van der Waals surface area contributed by atoms with Crippen LogP contribution in [-0.2, 0) is 35.3 Å². The van der Waals surface area contributed by atoms with E-state index in [9.17, 15) is 14.8 Å². The van der Waals surface area contributed by atoms with Gasteiger partial charge in [0.15, 0.2) is 0 Å². The zero-order valence-corrected chi connectivity index (χ0v) is 28.5. The summed E-state index contributed by atoms with van der Waals surface area (Å²) in [5.41, 5.74) is 4.67. The predicted octanol–water partition coefficient (Wildman–Crippen LogP) is 10.5. The lowest BCUT2D eigenvalue weighted by atomic mass is 9.78. The van der Waals surface area contributed by atoms with Gasteiger partial charge in [0.25, 0.3) is 0 Å². The monoisotopic (exact) mass is 594 g/mol. The highest BCUT2D eigenvalue weighted by Gasteiger charge is 2.27. The number of phenols is 2. The van der Waals surface area contributed by atoms with Crippen LogP contribution in [0.25, 0.3) is 12.2 Å². The molecule has 230 valence electrons. The average molecular weight is 595 g/mol. The highest BCUT2D eigenvalue weighted by Crippen LogP contribution is 2.41. The molecule has 0 radical (unpaired) electrons. The molecule has 6 heteroatoms. The highest BCUT2D eigenvalue weighted by atomic mass is 31.1. The van der Waals surface area contributed by atoms with Gasteiger partial charge in [-0.3, -0.25) is 0 Å². The second-order valence-corrected chi connectivity index (χ2v) is 15.8. The van der Waals surface area contributed by atoms with Crippen LogP contribution in [0.4, 0.5) is 0 Å². The van der Waals surface area contributed by atoms with Crippen LogP contribution in [0.1, 0.15) is 116 Å². The third kappa shape index (κ3) is 9.98. The fourth-order valence-corrected chi connectivity index (χ4v) is 4.87. The van der Waals surface area contributed by atoms with E-state index in [4.69, 9.17) is 9.05 Å². The van der Waals surface area contributed by atoms with Gasteiger partial charge in [0.2, 0.25) is 0 Å². The zero-order chi connectivity index (χ0) is 32.1. The van der Waals surface area contributed by atoms with Crippen molar-refractivity contribution < 1.29 is 23.8 Å². The molecule has 0 aromatic heterocycles. The van der Waals surface area contributed by atoms with Gasteiger partial charge in [0, 0.05) is 22.3 Å². The van der Waals surface area contributed by atoms with Crippen LogP contribution in [0.2, 0.25) is 0 Å². The topological polar surface area (TPSA) is 76.0 Å². The average Bonchev–Trinajstić information content (AvgIpc) is 2.82. The minimum absolute atomic E-state index is 0.207. The van der Waals surface area contributed by atoms with Crippen molar-refractivity contribution in [2.45, 2.75) is 105 Å². The highest BCUT2D eigenvalue weighted by molar-refractivity contribution is 7.33. The molecule has 0 heterocycles. The first-order valence-corrected chi connectivity index (χ1v) is 15.6. The third-order valence-corrected chi connectivity index (χ3v) is 7.44. The molecule has 0 amide bonds. The summed E-state index contributed by atoms with van der Waals surface area (Å²) in [6.45, 7) is 25.0. The fourth-order valence-electron chi connectivity index (χ4n) is 4.43. The van der Waals surface area contributed by atoms with Crippen molar-refractivity contribution in [3.63, 3.8) is 0 Å². The second-order valence-electron chi connectivity index (χ2n) is 14.8. The molecule has 0 spiro atoms. The Morgan fingerprint density at radius 3 is 1.02 bits per heavy atom. The first-order chi connectivity index (χ1) is 19.1. The Morgan fingerprint density at radius 1 is 0.524 bits per heavy atom. The molecule has 2 rings (SSSR count). The Labute approximate surface area is 254 Å². The Morgan fingerprint density at radius 2 is 0.786 bits per heavy atom. The lowest BCUT2D eigenvalue weighted by molar-refractivity contribution is 0.356. The maximum atomic E-state index is 12.1. The maximum Gasteiger partial charge on any atom is 0.417 e. The van der Waals surface area contributed by atoms with Crippen molar-refractivity contribution in [1.82, 2.24) is 0 Å². The number of aromatic hydroxyl groups is 2. The van der Waals surface area contributed by atoms with Gasteiger partial charge in [-0.25, -0.2) is 4.57 Å². The van der Waals surface area contributed by atoms with Gasteiger partial charge in [-0.15, -0.1) is 0 Å². The SMILES string of the molecule is CC(C)(C)c1cc(/C=C/C=C/O[PH](=O)O/C=C/C=C/c2cc(C(C)(C)C)c(O)c(C(C)(C)C)c2)cc(C(C)(C)C)c1O. The van der Waals surface area contributed by atoms with Crippen LogP contribution in [0.3, 0.4) is 0 Å². The molecule has 0 aliphatic carbocycles. The van der Waals surface area contributed by atoms with E-state index in [0.717, 1.165) is 33.4 Å². The van der Waals surface area contributed by atoms with Gasteiger partial charge in [0.1, 0.15) is 11.5 Å². The number of benzene rings is 2. The predicted molar refractivity (Wildman–Crippen MR) is 179 cm³/mol. The first kappa shape index (κ1) is 35.0. The van der Waals surface area contributed by atoms with Gasteiger partial charge in [0.05, 0.1) is 12.5 Å². The van der Waals surface area contributed by atoms with Gasteiger partial charge in [-0.05, 0) is 69.2 Å². The van der Waals surface area contributed by atoms with Crippen LogP contribution in [0.15, 0.2) is 61.1 Å². The minimum Gasteiger partial charge on any atom is -0.507 e. The van der Waals surface area contributed by atoms with Gasteiger partial charge in [-0.2, -0.15) is 0 Å². The van der Waals surface area contributed by atoms with Crippen LogP contribution < -0.4 is 0 Å². The Balaban J connectivity index is 2.04. The van der Waals surface area contributed by atoms with E-state index < -0.39 is 8.25 Å². The fraction of sp³-hybridized carbons (Fsp3) is 0.444. The third-order valence-electron chi connectivity index (χ3n) is 6.78.